The number of hydrogen-bond donors (Lipinski definition) is 2. The lowest BCUT2D eigenvalue weighted by Crippen LogP contribution is -2.14. The van der Waals surface area contributed by atoms with Gasteiger partial charge in [-0.25, -0.2) is 0 Å². The SMILES string of the molecule is OCCCCCOn1cccc(OCCCCO)c1=S. The van der Waals surface area contributed by atoms with Crippen LogP contribution in [0, 0.1) is 4.64 Å². The zero-order chi connectivity index (χ0) is 14.6. The predicted octanol–water partition coefficient (Wildman–Crippen LogP) is 1.96. The van der Waals surface area contributed by atoms with Gasteiger partial charge in [-0.1, -0.05) is 12.2 Å². The Kier molecular flexibility index (Phi) is 9.02. The van der Waals surface area contributed by atoms with Crippen LogP contribution in [0.1, 0.15) is 32.1 Å². The number of nitrogens with zero attached hydrogens (tertiary/aromatic N) is 1. The maximum absolute atomic E-state index is 8.70. The summed E-state index contributed by atoms with van der Waals surface area (Å²) in [5, 5.41) is 17.4. The van der Waals surface area contributed by atoms with Gasteiger partial charge in [-0.15, -0.1) is 0 Å². The monoisotopic (exact) mass is 301 g/mol. The van der Waals surface area contributed by atoms with Gasteiger partial charge in [0.2, 0.25) is 0 Å². The van der Waals surface area contributed by atoms with E-state index in [2.05, 4.69) is 0 Å². The maximum Gasteiger partial charge on any atom is 0.184 e. The second-order valence-electron chi connectivity index (χ2n) is 4.40. The zero-order valence-corrected chi connectivity index (χ0v) is 12.5. The molecule has 0 amide bonds. The summed E-state index contributed by atoms with van der Waals surface area (Å²) in [7, 11) is 0. The highest BCUT2D eigenvalue weighted by Crippen LogP contribution is 2.13. The zero-order valence-electron chi connectivity index (χ0n) is 11.7. The Morgan fingerprint density at radius 2 is 1.70 bits per heavy atom. The molecular formula is C14H23NO4S. The maximum atomic E-state index is 8.70. The Balaban J connectivity index is 2.41. The molecule has 0 unspecified atom stereocenters. The Hall–Kier alpha value is -1.11. The van der Waals surface area contributed by atoms with E-state index in [9.17, 15) is 0 Å². The van der Waals surface area contributed by atoms with Crippen LogP contribution in [-0.2, 0) is 0 Å². The molecule has 6 heteroatoms. The van der Waals surface area contributed by atoms with Crippen molar-refractivity contribution in [1.29, 1.82) is 0 Å². The average molecular weight is 301 g/mol. The number of rotatable bonds is 11. The van der Waals surface area contributed by atoms with Gasteiger partial charge in [0.1, 0.15) is 6.61 Å². The molecule has 2 N–H and O–H groups in total. The fourth-order valence-corrected chi connectivity index (χ4v) is 1.86. The van der Waals surface area contributed by atoms with Crippen LogP contribution < -0.4 is 9.57 Å². The van der Waals surface area contributed by atoms with Crippen molar-refractivity contribution in [3.05, 3.63) is 23.0 Å². The molecule has 0 fully saturated rings. The van der Waals surface area contributed by atoms with Crippen LogP contribution in [-0.4, -0.2) is 41.4 Å². The van der Waals surface area contributed by atoms with Crippen molar-refractivity contribution in [2.24, 2.45) is 0 Å². The van der Waals surface area contributed by atoms with Crippen LogP contribution in [0.2, 0.25) is 0 Å². The van der Waals surface area contributed by atoms with Gasteiger partial charge < -0.3 is 19.8 Å². The third-order valence-electron chi connectivity index (χ3n) is 2.72. The van der Waals surface area contributed by atoms with Crippen molar-refractivity contribution in [3.8, 4) is 5.75 Å². The minimum absolute atomic E-state index is 0.176. The lowest BCUT2D eigenvalue weighted by atomic mass is 10.2. The van der Waals surface area contributed by atoms with Crippen LogP contribution >= 0.6 is 12.2 Å². The number of pyridine rings is 1. The lowest BCUT2D eigenvalue weighted by molar-refractivity contribution is 0.0985. The molecule has 114 valence electrons. The topological polar surface area (TPSA) is 63.9 Å². The number of unbranched alkanes of at least 4 members (excludes halogenated alkanes) is 3. The summed E-state index contributed by atoms with van der Waals surface area (Å²) >= 11 is 5.29. The van der Waals surface area contributed by atoms with E-state index in [-0.39, 0.29) is 13.2 Å². The second-order valence-corrected chi connectivity index (χ2v) is 4.79. The van der Waals surface area contributed by atoms with E-state index in [1.54, 1.807) is 6.20 Å². The highest BCUT2D eigenvalue weighted by molar-refractivity contribution is 7.71. The smallest absolute Gasteiger partial charge is 0.184 e. The molecule has 0 aromatic carbocycles. The predicted molar refractivity (Wildman–Crippen MR) is 79.5 cm³/mol. The van der Waals surface area contributed by atoms with Crippen LogP contribution in [0.25, 0.3) is 0 Å². The summed E-state index contributed by atoms with van der Waals surface area (Å²) in [6.45, 7) is 1.49. The van der Waals surface area contributed by atoms with Crippen molar-refractivity contribution in [3.63, 3.8) is 0 Å². The van der Waals surface area contributed by atoms with Crippen LogP contribution in [0.4, 0.5) is 0 Å². The van der Waals surface area contributed by atoms with E-state index < -0.39 is 0 Å². The molecule has 0 saturated carbocycles. The molecular weight excluding hydrogens is 278 g/mol. The summed E-state index contributed by atoms with van der Waals surface area (Å²) in [5.74, 6) is 0.621. The number of aromatic nitrogens is 1. The van der Waals surface area contributed by atoms with Gasteiger partial charge >= 0.3 is 0 Å². The summed E-state index contributed by atoms with van der Waals surface area (Å²) in [6.07, 6.45) is 5.88. The minimum atomic E-state index is 0.176. The Bertz CT molecular complexity index is 422. The largest absolute Gasteiger partial charge is 0.490 e. The Labute approximate surface area is 124 Å². The fraction of sp³-hybridized carbons (Fsp3) is 0.643. The second kappa shape index (κ2) is 10.7. The number of hydrogen-bond acceptors (Lipinski definition) is 5. The van der Waals surface area contributed by atoms with Crippen molar-refractivity contribution in [2.75, 3.05) is 26.4 Å². The van der Waals surface area contributed by atoms with Gasteiger partial charge in [0.15, 0.2) is 10.4 Å². The summed E-state index contributed by atoms with van der Waals surface area (Å²) < 4.78 is 7.63. The van der Waals surface area contributed by atoms with E-state index in [4.69, 9.17) is 32.0 Å². The van der Waals surface area contributed by atoms with E-state index in [1.165, 1.54) is 4.73 Å². The highest BCUT2D eigenvalue weighted by Gasteiger charge is 2.01. The average Bonchev–Trinajstić information content (AvgIpc) is 2.46. The van der Waals surface area contributed by atoms with Crippen molar-refractivity contribution < 1.29 is 19.8 Å². The molecule has 0 saturated heterocycles. The molecule has 1 heterocycles. The fourth-order valence-electron chi connectivity index (χ4n) is 1.62. The summed E-state index contributed by atoms with van der Waals surface area (Å²) in [5.41, 5.74) is 0. The molecule has 5 nitrogen and oxygen atoms in total. The van der Waals surface area contributed by atoms with E-state index in [1.807, 2.05) is 12.1 Å². The molecule has 0 aliphatic carbocycles. The molecule has 20 heavy (non-hydrogen) atoms. The first-order valence-electron chi connectivity index (χ1n) is 6.99. The summed E-state index contributed by atoms with van der Waals surface area (Å²) in [4.78, 5) is 5.56. The van der Waals surface area contributed by atoms with Gasteiger partial charge in [0.05, 0.1) is 6.61 Å². The lowest BCUT2D eigenvalue weighted by Gasteiger charge is -2.12. The van der Waals surface area contributed by atoms with Crippen molar-refractivity contribution >= 4 is 12.2 Å². The molecule has 1 aromatic heterocycles. The van der Waals surface area contributed by atoms with Gasteiger partial charge in [-0.05, 0) is 44.2 Å². The quantitative estimate of drug-likeness (QED) is 0.483. The molecule has 1 aromatic rings. The molecule has 0 atom stereocenters. The van der Waals surface area contributed by atoms with Crippen LogP contribution in [0.3, 0.4) is 0 Å². The Morgan fingerprint density at radius 3 is 2.45 bits per heavy atom. The minimum Gasteiger partial charge on any atom is -0.490 e. The number of ether oxygens (including phenoxy) is 1. The van der Waals surface area contributed by atoms with Crippen molar-refractivity contribution in [2.45, 2.75) is 32.1 Å². The number of aliphatic hydroxyl groups is 2. The standard InChI is InChI=1S/C14H23NO4S/c16-9-2-1-4-12-19-15-8-6-7-13(14(15)20)18-11-5-3-10-17/h6-8,16-17H,1-5,9-12H2. The Morgan fingerprint density at radius 1 is 1.00 bits per heavy atom. The van der Waals surface area contributed by atoms with E-state index in [0.29, 0.717) is 23.6 Å². The molecule has 0 aliphatic heterocycles. The first-order chi connectivity index (χ1) is 9.79. The van der Waals surface area contributed by atoms with E-state index >= 15 is 0 Å². The van der Waals surface area contributed by atoms with Gasteiger partial charge in [0, 0.05) is 19.4 Å². The van der Waals surface area contributed by atoms with E-state index in [0.717, 1.165) is 32.1 Å². The van der Waals surface area contributed by atoms with Gasteiger partial charge in [0.25, 0.3) is 0 Å². The molecule has 1 rings (SSSR count). The first-order valence-corrected chi connectivity index (χ1v) is 7.40. The third-order valence-corrected chi connectivity index (χ3v) is 3.10. The molecule has 0 radical (unpaired) electrons. The number of aliphatic hydroxyl groups excluding tert-OH is 2. The van der Waals surface area contributed by atoms with Crippen molar-refractivity contribution in [1.82, 2.24) is 4.73 Å². The molecule has 0 aliphatic rings. The van der Waals surface area contributed by atoms with Gasteiger partial charge in [-0.3, -0.25) is 0 Å². The third kappa shape index (κ3) is 6.36. The normalized spacial score (nSPS) is 10.5. The summed E-state index contributed by atoms with van der Waals surface area (Å²) in [6, 6.07) is 3.64. The van der Waals surface area contributed by atoms with Crippen LogP contribution in [0.5, 0.6) is 5.75 Å². The first kappa shape index (κ1) is 16.9. The van der Waals surface area contributed by atoms with Crippen LogP contribution in [0.15, 0.2) is 18.3 Å². The molecule has 0 bridgehead atoms. The molecule has 0 spiro atoms. The highest BCUT2D eigenvalue weighted by atomic mass is 32.1. The van der Waals surface area contributed by atoms with Gasteiger partial charge in [-0.2, -0.15) is 4.73 Å².